The summed E-state index contributed by atoms with van der Waals surface area (Å²) in [7, 11) is 1.54. The monoisotopic (exact) mass is 325 g/mol. The summed E-state index contributed by atoms with van der Waals surface area (Å²) in [4.78, 5) is 25.8. The fourth-order valence-corrected chi connectivity index (χ4v) is 3.06. The van der Waals surface area contributed by atoms with E-state index in [9.17, 15) is 9.59 Å². The first-order chi connectivity index (χ1) is 10.1. The largest absolute Gasteiger partial charge is 0.495 e. The summed E-state index contributed by atoms with van der Waals surface area (Å²) in [6, 6.07) is 5.24. The van der Waals surface area contributed by atoms with Crippen LogP contribution < -0.4 is 4.74 Å². The molecule has 1 aliphatic rings. The van der Waals surface area contributed by atoms with Gasteiger partial charge in [0.2, 0.25) is 0 Å². The van der Waals surface area contributed by atoms with Gasteiger partial charge in [-0.1, -0.05) is 31.0 Å². The van der Waals surface area contributed by atoms with Crippen LogP contribution >= 0.6 is 23.4 Å². The van der Waals surface area contributed by atoms with Gasteiger partial charge in [-0.25, -0.2) is 0 Å². The number of benzene rings is 1. The first-order valence-electron chi connectivity index (χ1n) is 6.65. The van der Waals surface area contributed by atoms with Crippen molar-refractivity contribution in [1.82, 2.24) is 4.90 Å². The molecule has 1 aliphatic heterocycles. The molecule has 1 aromatic carbocycles. The average Bonchev–Trinajstić information content (AvgIpc) is 2.72. The van der Waals surface area contributed by atoms with E-state index in [4.69, 9.17) is 16.3 Å². The van der Waals surface area contributed by atoms with Gasteiger partial charge in [-0.05, 0) is 42.0 Å². The summed E-state index contributed by atoms with van der Waals surface area (Å²) in [5.41, 5.74) is 0.766. The number of hydrogen-bond acceptors (Lipinski definition) is 4. The Hall–Kier alpha value is -1.46. The summed E-state index contributed by atoms with van der Waals surface area (Å²) < 4.78 is 5.08. The molecule has 2 rings (SSSR count). The second-order valence-corrected chi connectivity index (χ2v) is 5.98. The maximum atomic E-state index is 12.2. The average molecular weight is 326 g/mol. The molecule has 2 amide bonds. The van der Waals surface area contributed by atoms with Crippen molar-refractivity contribution in [2.45, 2.75) is 19.8 Å². The van der Waals surface area contributed by atoms with Crippen molar-refractivity contribution >= 4 is 40.6 Å². The summed E-state index contributed by atoms with van der Waals surface area (Å²) in [5, 5.41) is 0.260. The van der Waals surface area contributed by atoms with E-state index < -0.39 is 0 Å². The number of halogens is 1. The van der Waals surface area contributed by atoms with Gasteiger partial charge in [0.15, 0.2) is 0 Å². The lowest BCUT2D eigenvalue weighted by molar-refractivity contribution is -0.122. The van der Waals surface area contributed by atoms with E-state index >= 15 is 0 Å². The second kappa shape index (κ2) is 7.00. The molecule has 1 fully saturated rings. The van der Waals surface area contributed by atoms with Gasteiger partial charge in [0, 0.05) is 6.54 Å². The van der Waals surface area contributed by atoms with E-state index in [1.807, 2.05) is 6.92 Å². The van der Waals surface area contributed by atoms with Crippen LogP contribution in [0.15, 0.2) is 23.1 Å². The van der Waals surface area contributed by atoms with Crippen LogP contribution in [0.2, 0.25) is 5.02 Å². The van der Waals surface area contributed by atoms with Crippen LogP contribution in [0.4, 0.5) is 4.79 Å². The lowest BCUT2D eigenvalue weighted by Gasteiger charge is -2.10. The minimum Gasteiger partial charge on any atom is -0.495 e. The van der Waals surface area contributed by atoms with Crippen molar-refractivity contribution in [3.05, 3.63) is 33.7 Å². The second-order valence-electron chi connectivity index (χ2n) is 4.58. The maximum absolute atomic E-state index is 12.2. The van der Waals surface area contributed by atoms with E-state index in [0.717, 1.165) is 30.2 Å². The smallest absolute Gasteiger partial charge is 0.293 e. The molecule has 112 valence electrons. The highest BCUT2D eigenvalue weighted by atomic mass is 35.5. The Labute approximate surface area is 133 Å². The van der Waals surface area contributed by atoms with Crippen LogP contribution in [0.1, 0.15) is 25.3 Å². The van der Waals surface area contributed by atoms with E-state index in [2.05, 4.69) is 0 Å². The van der Waals surface area contributed by atoms with Crippen LogP contribution in [0.25, 0.3) is 6.08 Å². The number of methoxy groups -OCH3 is 1. The molecule has 0 bridgehead atoms. The maximum Gasteiger partial charge on any atom is 0.293 e. The van der Waals surface area contributed by atoms with Gasteiger partial charge in [-0.15, -0.1) is 0 Å². The summed E-state index contributed by atoms with van der Waals surface area (Å²) >= 11 is 7.02. The van der Waals surface area contributed by atoms with Gasteiger partial charge < -0.3 is 4.74 Å². The number of unbranched alkanes of at least 4 members (excludes halogenated alkanes) is 1. The Morgan fingerprint density at radius 2 is 2.14 bits per heavy atom. The van der Waals surface area contributed by atoms with E-state index in [-0.39, 0.29) is 11.1 Å². The number of carbonyl (C=O) groups is 2. The fraction of sp³-hybridized carbons (Fsp3) is 0.333. The van der Waals surface area contributed by atoms with Crippen molar-refractivity contribution in [3.8, 4) is 5.75 Å². The molecule has 1 saturated heterocycles. The van der Waals surface area contributed by atoms with Gasteiger partial charge >= 0.3 is 0 Å². The van der Waals surface area contributed by atoms with E-state index in [1.165, 1.54) is 4.90 Å². The van der Waals surface area contributed by atoms with Crippen molar-refractivity contribution in [2.24, 2.45) is 0 Å². The van der Waals surface area contributed by atoms with Gasteiger partial charge in [0.1, 0.15) is 5.75 Å². The highest BCUT2D eigenvalue weighted by Crippen LogP contribution is 2.33. The molecule has 0 atom stereocenters. The minimum absolute atomic E-state index is 0.209. The van der Waals surface area contributed by atoms with Crippen LogP contribution in [0.5, 0.6) is 5.75 Å². The number of hydrogen-bond donors (Lipinski definition) is 0. The third-order valence-corrected chi connectivity index (χ3v) is 4.29. The fourth-order valence-electron chi connectivity index (χ4n) is 1.93. The van der Waals surface area contributed by atoms with Gasteiger partial charge in [0.25, 0.3) is 11.1 Å². The molecule has 1 aromatic rings. The summed E-state index contributed by atoms with van der Waals surface area (Å²) in [6.07, 6.45) is 3.44. The zero-order valence-corrected chi connectivity index (χ0v) is 13.5. The Morgan fingerprint density at radius 1 is 1.38 bits per heavy atom. The number of ether oxygens (including phenoxy) is 1. The molecule has 0 radical (unpaired) electrons. The van der Waals surface area contributed by atoms with Crippen LogP contribution in [-0.4, -0.2) is 29.7 Å². The minimum atomic E-state index is -0.231. The summed E-state index contributed by atoms with van der Waals surface area (Å²) in [6.45, 7) is 2.50. The lowest BCUT2D eigenvalue weighted by Crippen LogP contribution is -2.29. The molecule has 0 N–H and O–H groups in total. The number of nitrogens with zero attached hydrogens (tertiary/aromatic N) is 1. The normalized spacial score (nSPS) is 16.9. The number of amides is 2. The van der Waals surface area contributed by atoms with Crippen molar-refractivity contribution in [2.75, 3.05) is 13.7 Å². The molecule has 0 aliphatic carbocycles. The highest BCUT2D eigenvalue weighted by Gasteiger charge is 2.34. The van der Waals surface area contributed by atoms with E-state index in [1.54, 1.807) is 31.4 Å². The first kappa shape index (κ1) is 15.9. The van der Waals surface area contributed by atoms with Gasteiger partial charge in [0.05, 0.1) is 17.0 Å². The van der Waals surface area contributed by atoms with Gasteiger partial charge in [-0.3, -0.25) is 14.5 Å². The molecular formula is C15H16ClNO3S. The topological polar surface area (TPSA) is 46.6 Å². The third kappa shape index (κ3) is 3.60. The molecule has 4 nitrogen and oxygen atoms in total. The molecular weight excluding hydrogens is 310 g/mol. The lowest BCUT2D eigenvalue weighted by atomic mass is 10.2. The molecule has 1 heterocycles. The number of rotatable bonds is 5. The van der Waals surface area contributed by atoms with Crippen molar-refractivity contribution in [3.63, 3.8) is 0 Å². The van der Waals surface area contributed by atoms with Crippen molar-refractivity contribution < 1.29 is 14.3 Å². The number of imide groups is 1. The quantitative estimate of drug-likeness (QED) is 0.762. The highest BCUT2D eigenvalue weighted by molar-refractivity contribution is 8.18. The third-order valence-electron chi connectivity index (χ3n) is 3.08. The Kier molecular flexibility index (Phi) is 5.31. The predicted molar refractivity (Wildman–Crippen MR) is 85.6 cm³/mol. The zero-order valence-electron chi connectivity index (χ0n) is 11.9. The Bertz CT molecular complexity index is 601. The Balaban J connectivity index is 2.20. The molecule has 0 unspecified atom stereocenters. The first-order valence-corrected chi connectivity index (χ1v) is 7.85. The summed E-state index contributed by atoms with van der Waals surface area (Å²) in [5.74, 6) is 0.343. The SMILES string of the molecule is CCCCN1C(=O)S/C(=C\c2ccc(OC)c(Cl)c2)C1=O. The Morgan fingerprint density at radius 3 is 2.76 bits per heavy atom. The zero-order chi connectivity index (χ0) is 15.4. The number of carbonyl (C=O) groups excluding carboxylic acids is 2. The standard InChI is InChI=1S/C15H16ClNO3S/c1-3-4-7-17-14(18)13(21-15(17)19)9-10-5-6-12(20-2)11(16)8-10/h5-6,8-9H,3-4,7H2,1-2H3/b13-9-. The molecule has 21 heavy (non-hydrogen) atoms. The molecule has 0 aromatic heterocycles. The predicted octanol–water partition coefficient (Wildman–Crippen LogP) is 4.19. The molecule has 0 saturated carbocycles. The molecule has 0 spiro atoms. The van der Waals surface area contributed by atoms with Crippen LogP contribution in [0.3, 0.4) is 0 Å². The molecule has 6 heteroatoms. The number of thioether (sulfide) groups is 1. The van der Waals surface area contributed by atoms with Crippen LogP contribution in [-0.2, 0) is 4.79 Å². The van der Waals surface area contributed by atoms with Crippen molar-refractivity contribution in [1.29, 1.82) is 0 Å². The van der Waals surface area contributed by atoms with Gasteiger partial charge in [-0.2, -0.15) is 0 Å². The van der Waals surface area contributed by atoms with E-state index in [0.29, 0.717) is 22.2 Å². The van der Waals surface area contributed by atoms with Crippen LogP contribution in [0, 0.1) is 0 Å².